The van der Waals surface area contributed by atoms with Crippen molar-refractivity contribution in [2.24, 2.45) is 5.41 Å². The highest BCUT2D eigenvalue weighted by Gasteiger charge is 2.26. The van der Waals surface area contributed by atoms with Gasteiger partial charge in [0.25, 0.3) is 0 Å². The Bertz CT molecular complexity index is 474. The van der Waals surface area contributed by atoms with Crippen LogP contribution in [0.4, 0.5) is 4.39 Å². The first-order valence-electron chi connectivity index (χ1n) is 6.41. The lowest BCUT2D eigenvalue weighted by atomic mass is 9.84. The van der Waals surface area contributed by atoms with Gasteiger partial charge in [0.05, 0.1) is 11.6 Å². The number of rotatable bonds is 2. The summed E-state index contributed by atoms with van der Waals surface area (Å²) in [4.78, 5) is 2.32. The van der Waals surface area contributed by atoms with E-state index < -0.39 is 0 Å². The molecule has 0 N–H and O–H groups in total. The third-order valence-electron chi connectivity index (χ3n) is 3.56. The molecule has 3 heteroatoms. The third kappa shape index (κ3) is 3.08. The molecule has 1 fully saturated rings. The second kappa shape index (κ2) is 5.07. The summed E-state index contributed by atoms with van der Waals surface area (Å²) in [5.41, 5.74) is 1.70. The van der Waals surface area contributed by atoms with E-state index in [9.17, 15) is 4.39 Å². The van der Waals surface area contributed by atoms with Gasteiger partial charge in [0, 0.05) is 13.1 Å². The van der Waals surface area contributed by atoms with E-state index in [0.29, 0.717) is 17.5 Å². The summed E-state index contributed by atoms with van der Waals surface area (Å²) in [5.74, 6) is -0.264. The Morgan fingerprint density at radius 2 is 2.22 bits per heavy atom. The fraction of sp³-hybridized carbons (Fsp3) is 0.533. The maximum absolute atomic E-state index is 13.3. The Labute approximate surface area is 108 Å². The average molecular weight is 246 g/mol. The van der Waals surface area contributed by atoms with Crippen molar-refractivity contribution in [3.8, 4) is 6.07 Å². The highest BCUT2D eigenvalue weighted by molar-refractivity contribution is 5.37. The van der Waals surface area contributed by atoms with E-state index in [1.807, 2.05) is 0 Å². The topological polar surface area (TPSA) is 27.0 Å². The van der Waals surface area contributed by atoms with Gasteiger partial charge in [-0.05, 0) is 48.6 Å². The second-order valence-electron chi connectivity index (χ2n) is 5.89. The van der Waals surface area contributed by atoms with Gasteiger partial charge in [-0.15, -0.1) is 0 Å². The molecule has 1 saturated heterocycles. The van der Waals surface area contributed by atoms with Crippen LogP contribution in [0.3, 0.4) is 0 Å². The lowest BCUT2D eigenvalue weighted by Gasteiger charge is -2.38. The smallest absolute Gasteiger partial charge is 0.123 e. The first-order valence-corrected chi connectivity index (χ1v) is 6.41. The van der Waals surface area contributed by atoms with Gasteiger partial charge in [-0.3, -0.25) is 4.90 Å². The summed E-state index contributed by atoms with van der Waals surface area (Å²) < 4.78 is 13.3. The van der Waals surface area contributed by atoms with E-state index >= 15 is 0 Å². The first-order chi connectivity index (χ1) is 8.50. The molecule has 1 heterocycles. The van der Waals surface area contributed by atoms with Crippen LogP contribution in [0.15, 0.2) is 18.2 Å². The van der Waals surface area contributed by atoms with Gasteiger partial charge >= 0.3 is 0 Å². The molecule has 2 rings (SSSR count). The minimum absolute atomic E-state index is 0.264. The highest BCUT2D eigenvalue weighted by atomic mass is 19.1. The van der Waals surface area contributed by atoms with Gasteiger partial charge < -0.3 is 0 Å². The molecular weight excluding hydrogens is 227 g/mol. The molecule has 0 unspecified atom stereocenters. The molecule has 0 aromatic heterocycles. The van der Waals surface area contributed by atoms with Crippen molar-refractivity contribution in [3.63, 3.8) is 0 Å². The number of piperidine rings is 1. The quantitative estimate of drug-likeness (QED) is 0.800. The predicted octanol–water partition coefficient (Wildman–Crippen LogP) is 3.32. The molecule has 1 aliphatic rings. The molecule has 0 bridgehead atoms. The number of likely N-dealkylation sites (tertiary alicyclic amines) is 1. The van der Waals surface area contributed by atoms with Crippen LogP contribution >= 0.6 is 0 Å². The molecule has 0 aliphatic carbocycles. The molecule has 18 heavy (non-hydrogen) atoms. The summed E-state index contributed by atoms with van der Waals surface area (Å²) in [7, 11) is 0. The lowest BCUT2D eigenvalue weighted by Crippen LogP contribution is -2.39. The second-order valence-corrected chi connectivity index (χ2v) is 5.89. The van der Waals surface area contributed by atoms with Gasteiger partial charge in [-0.1, -0.05) is 13.8 Å². The van der Waals surface area contributed by atoms with Crippen LogP contribution in [0.25, 0.3) is 0 Å². The van der Waals surface area contributed by atoms with Gasteiger partial charge in [0.15, 0.2) is 0 Å². The van der Waals surface area contributed by atoms with Gasteiger partial charge in [0.1, 0.15) is 5.82 Å². The molecule has 0 amide bonds. The van der Waals surface area contributed by atoms with E-state index in [1.54, 1.807) is 6.07 Å². The molecule has 1 aliphatic heterocycles. The Kier molecular flexibility index (Phi) is 3.68. The maximum Gasteiger partial charge on any atom is 0.123 e. The van der Waals surface area contributed by atoms with Crippen molar-refractivity contribution >= 4 is 0 Å². The van der Waals surface area contributed by atoms with Gasteiger partial charge in [-0.25, -0.2) is 4.39 Å². The van der Waals surface area contributed by atoms with Crippen molar-refractivity contribution in [1.29, 1.82) is 5.26 Å². The average Bonchev–Trinajstić information content (AvgIpc) is 2.28. The molecule has 0 atom stereocenters. The standard InChI is InChI=1S/C15H19FN2/c1-15(2)6-3-7-18(11-15)10-13-8-14(16)5-4-12(13)9-17/h4-5,8H,3,6-7,10-11H2,1-2H3. The van der Waals surface area contributed by atoms with Crippen LogP contribution in [0, 0.1) is 22.6 Å². The normalized spacial score (nSPS) is 19.4. The summed E-state index contributed by atoms with van der Waals surface area (Å²) in [6, 6.07) is 6.54. The maximum atomic E-state index is 13.3. The van der Waals surface area contributed by atoms with E-state index in [1.165, 1.54) is 25.0 Å². The third-order valence-corrected chi connectivity index (χ3v) is 3.56. The largest absolute Gasteiger partial charge is 0.299 e. The van der Waals surface area contributed by atoms with Crippen molar-refractivity contribution in [2.75, 3.05) is 13.1 Å². The zero-order valence-electron chi connectivity index (χ0n) is 11.0. The SMILES string of the molecule is CC1(C)CCCN(Cc2cc(F)ccc2C#N)C1. The minimum Gasteiger partial charge on any atom is -0.299 e. The van der Waals surface area contributed by atoms with E-state index in [0.717, 1.165) is 18.7 Å². The van der Waals surface area contributed by atoms with Crippen LogP contribution in [-0.2, 0) is 6.54 Å². The molecule has 0 saturated carbocycles. The highest BCUT2D eigenvalue weighted by Crippen LogP contribution is 2.29. The first kappa shape index (κ1) is 13.0. The van der Waals surface area contributed by atoms with Crippen LogP contribution in [0.2, 0.25) is 0 Å². The van der Waals surface area contributed by atoms with Gasteiger partial charge in [-0.2, -0.15) is 5.26 Å². The molecule has 0 radical (unpaired) electrons. The molecule has 0 spiro atoms. The van der Waals surface area contributed by atoms with Crippen molar-refractivity contribution < 1.29 is 4.39 Å². The molecule has 1 aromatic carbocycles. The number of hydrogen-bond acceptors (Lipinski definition) is 2. The Hall–Kier alpha value is -1.40. The van der Waals surface area contributed by atoms with E-state index in [2.05, 4.69) is 24.8 Å². The molecule has 96 valence electrons. The Balaban J connectivity index is 2.14. The number of benzene rings is 1. The number of halogens is 1. The van der Waals surface area contributed by atoms with E-state index in [-0.39, 0.29) is 5.82 Å². The summed E-state index contributed by atoms with van der Waals surface area (Å²) >= 11 is 0. The zero-order valence-corrected chi connectivity index (χ0v) is 11.0. The molecule has 2 nitrogen and oxygen atoms in total. The van der Waals surface area contributed by atoms with Crippen LogP contribution in [0.5, 0.6) is 0 Å². The minimum atomic E-state index is -0.264. The summed E-state index contributed by atoms with van der Waals surface area (Å²) in [6.45, 7) is 7.23. The lowest BCUT2D eigenvalue weighted by molar-refractivity contribution is 0.111. The number of nitrogens with zero attached hydrogens (tertiary/aromatic N) is 2. The van der Waals surface area contributed by atoms with Crippen LogP contribution in [-0.4, -0.2) is 18.0 Å². The van der Waals surface area contributed by atoms with Crippen molar-refractivity contribution in [2.45, 2.75) is 33.2 Å². The fourth-order valence-corrected chi connectivity index (χ4v) is 2.72. The predicted molar refractivity (Wildman–Crippen MR) is 69.4 cm³/mol. The van der Waals surface area contributed by atoms with Crippen LogP contribution < -0.4 is 0 Å². The van der Waals surface area contributed by atoms with Crippen molar-refractivity contribution in [1.82, 2.24) is 4.90 Å². The zero-order chi connectivity index (χ0) is 13.2. The monoisotopic (exact) mass is 246 g/mol. The Morgan fingerprint density at radius 1 is 1.44 bits per heavy atom. The number of nitriles is 1. The molecular formula is C15H19FN2. The van der Waals surface area contributed by atoms with Gasteiger partial charge in [0.2, 0.25) is 0 Å². The summed E-state index contributed by atoms with van der Waals surface area (Å²) in [6.07, 6.45) is 2.40. The van der Waals surface area contributed by atoms with Crippen LogP contribution in [0.1, 0.15) is 37.8 Å². The fourth-order valence-electron chi connectivity index (χ4n) is 2.72. The van der Waals surface area contributed by atoms with Crippen molar-refractivity contribution in [3.05, 3.63) is 35.1 Å². The number of hydrogen-bond donors (Lipinski definition) is 0. The summed E-state index contributed by atoms with van der Waals surface area (Å²) in [5, 5.41) is 9.05. The molecule has 1 aromatic rings. The Morgan fingerprint density at radius 3 is 2.89 bits per heavy atom. The van der Waals surface area contributed by atoms with E-state index in [4.69, 9.17) is 5.26 Å².